The molecule has 1 fully saturated rings. The second-order valence-corrected chi connectivity index (χ2v) is 9.26. The summed E-state index contributed by atoms with van der Waals surface area (Å²) in [6, 6.07) is 12.2. The van der Waals surface area contributed by atoms with Crippen LogP contribution in [0, 0.1) is 6.42 Å². The molecule has 1 aliphatic heterocycles. The standard InChI is InChI=1S/C26H31ClF3N4O2/c1-2-32(18-24(31)35)17-23(20-6-8-21(9-7-20)26(28,29)30)33-13-15-34(16-14-33)25(36)12-5-19-3-10-22(27)11-4-19/h3-4,6-12,23H,2,5,13-18H2,1H3,(H2,31,35). The summed E-state index contributed by atoms with van der Waals surface area (Å²) in [6.07, 6.45) is -2.26. The molecule has 1 unspecified atom stereocenters. The zero-order valence-electron chi connectivity index (χ0n) is 20.2. The number of nitrogens with zero attached hydrogens (tertiary/aromatic N) is 3. The highest BCUT2D eigenvalue weighted by atomic mass is 35.5. The van der Waals surface area contributed by atoms with E-state index in [1.807, 2.05) is 24.0 Å². The fourth-order valence-electron chi connectivity index (χ4n) is 4.31. The van der Waals surface area contributed by atoms with E-state index in [0.29, 0.717) is 50.7 Å². The Morgan fingerprint density at radius 1 is 1.06 bits per heavy atom. The molecule has 0 bridgehead atoms. The molecular formula is C26H31ClF3N4O2. The van der Waals surface area contributed by atoms with E-state index in [9.17, 15) is 22.8 Å². The third kappa shape index (κ3) is 7.94. The Bertz CT molecular complexity index is 1010. The molecule has 2 aromatic carbocycles. The lowest BCUT2D eigenvalue weighted by atomic mass is 10.0. The highest BCUT2D eigenvalue weighted by Gasteiger charge is 2.32. The Balaban J connectivity index is 1.66. The number of likely N-dealkylation sites (N-methyl/N-ethyl adjacent to an activating group) is 1. The summed E-state index contributed by atoms with van der Waals surface area (Å²) in [6.45, 7) is 5.07. The van der Waals surface area contributed by atoms with Crippen LogP contribution in [0.15, 0.2) is 48.5 Å². The Labute approximate surface area is 214 Å². The van der Waals surface area contributed by atoms with Crippen LogP contribution in [0.25, 0.3) is 0 Å². The average Bonchev–Trinajstić information content (AvgIpc) is 2.85. The Morgan fingerprint density at radius 3 is 2.19 bits per heavy atom. The van der Waals surface area contributed by atoms with Gasteiger partial charge in [-0.05, 0) is 48.4 Å². The van der Waals surface area contributed by atoms with Crippen LogP contribution < -0.4 is 5.73 Å². The molecule has 3 rings (SSSR count). The van der Waals surface area contributed by atoms with Crippen molar-refractivity contribution in [1.29, 1.82) is 0 Å². The van der Waals surface area contributed by atoms with Crippen molar-refractivity contribution in [3.63, 3.8) is 0 Å². The fourth-order valence-corrected chi connectivity index (χ4v) is 4.43. The van der Waals surface area contributed by atoms with Gasteiger partial charge in [0, 0.05) is 43.8 Å². The van der Waals surface area contributed by atoms with E-state index in [-0.39, 0.29) is 18.5 Å². The van der Waals surface area contributed by atoms with Gasteiger partial charge in [-0.1, -0.05) is 42.8 Å². The van der Waals surface area contributed by atoms with Crippen LogP contribution in [-0.4, -0.2) is 72.3 Å². The monoisotopic (exact) mass is 523 g/mol. The summed E-state index contributed by atoms with van der Waals surface area (Å²) < 4.78 is 39.2. The van der Waals surface area contributed by atoms with Crippen molar-refractivity contribution < 1.29 is 22.8 Å². The van der Waals surface area contributed by atoms with E-state index in [4.69, 9.17) is 17.3 Å². The predicted octanol–water partition coefficient (Wildman–Crippen LogP) is 3.80. The number of hydrogen-bond donors (Lipinski definition) is 1. The lowest BCUT2D eigenvalue weighted by molar-refractivity contribution is -0.137. The van der Waals surface area contributed by atoms with Crippen LogP contribution in [0.3, 0.4) is 0 Å². The quantitative estimate of drug-likeness (QED) is 0.514. The molecule has 2 aromatic rings. The molecule has 6 nitrogen and oxygen atoms in total. The minimum Gasteiger partial charge on any atom is -0.369 e. The van der Waals surface area contributed by atoms with Crippen molar-refractivity contribution in [2.75, 3.05) is 45.8 Å². The van der Waals surface area contributed by atoms with Gasteiger partial charge in [-0.25, -0.2) is 0 Å². The summed E-state index contributed by atoms with van der Waals surface area (Å²) >= 11 is 5.91. The number of halogens is 4. The highest BCUT2D eigenvalue weighted by molar-refractivity contribution is 6.30. The summed E-state index contributed by atoms with van der Waals surface area (Å²) in [4.78, 5) is 30.0. The number of amides is 2. The van der Waals surface area contributed by atoms with Crippen LogP contribution >= 0.6 is 11.6 Å². The maximum absolute atomic E-state index is 13.1. The summed E-state index contributed by atoms with van der Waals surface area (Å²) in [7, 11) is 0. The molecule has 1 heterocycles. The van der Waals surface area contributed by atoms with Crippen LogP contribution in [0.2, 0.25) is 5.02 Å². The van der Waals surface area contributed by atoms with Crippen LogP contribution in [-0.2, 0) is 22.2 Å². The van der Waals surface area contributed by atoms with Crippen molar-refractivity contribution in [2.24, 2.45) is 5.73 Å². The molecular weight excluding hydrogens is 493 g/mol. The molecule has 36 heavy (non-hydrogen) atoms. The van der Waals surface area contributed by atoms with Crippen molar-refractivity contribution >= 4 is 23.4 Å². The third-order valence-corrected chi connectivity index (χ3v) is 6.62. The van der Waals surface area contributed by atoms with E-state index in [1.165, 1.54) is 12.1 Å². The van der Waals surface area contributed by atoms with Gasteiger partial charge in [0.25, 0.3) is 0 Å². The molecule has 2 N–H and O–H groups in total. The molecule has 0 saturated carbocycles. The molecule has 0 aromatic heterocycles. The molecule has 1 saturated heterocycles. The van der Waals surface area contributed by atoms with Gasteiger partial charge < -0.3 is 10.6 Å². The summed E-state index contributed by atoms with van der Waals surface area (Å²) in [5.41, 5.74) is 6.39. The summed E-state index contributed by atoms with van der Waals surface area (Å²) in [5.74, 6) is -0.519. The minimum atomic E-state index is -4.41. The van der Waals surface area contributed by atoms with E-state index < -0.39 is 17.6 Å². The first kappa shape index (κ1) is 28.0. The number of alkyl halides is 3. The van der Waals surface area contributed by atoms with E-state index >= 15 is 0 Å². The topological polar surface area (TPSA) is 69.9 Å². The molecule has 1 radical (unpaired) electrons. The largest absolute Gasteiger partial charge is 0.416 e. The molecule has 0 aliphatic carbocycles. The number of carbonyl (C=O) groups excluding carboxylic acids is 2. The normalized spacial score (nSPS) is 15.8. The van der Waals surface area contributed by atoms with Gasteiger partial charge in [-0.3, -0.25) is 19.4 Å². The molecule has 1 atom stereocenters. The highest BCUT2D eigenvalue weighted by Crippen LogP contribution is 2.31. The number of hydrogen-bond acceptors (Lipinski definition) is 4. The van der Waals surface area contributed by atoms with Crippen molar-refractivity contribution in [1.82, 2.24) is 14.7 Å². The number of rotatable bonds is 10. The number of benzene rings is 2. The number of nitrogens with two attached hydrogens (primary N) is 1. The lowest BCUT2D eigenvalue weighted by Crippen LogP contribution is -2.52. The van der Waals surface area contributed by atoms with Crippen molar-refractivity contribution in [2.45, 2.75) is 25.6 Å². The van der Waals surface area contributed by atoms with Gasteiger partial charge in [-0.2, -0.15) is 13.2 Å². The van der Waals surface area contributed by atoms with E-state index in [2.05, 4.69) is 4.90 Å². The van der Waals surface area contributed by atoms with Crippen LogP contribution in [0.4, 0.5) is 13.2 Å². The van der Waals surface area contributed by atoms with Crippen molar-refractivity contribution in [3.8, 4) is 0 Å². The van der Waals surface area contributed by atoms with Crippen molar-refractivity contribution in [3.05, 3.63) is 76.7 Å². The second kappa shape index (κ2) is 12.6. The van der Waals surface area contributed by atoms with Gasteiger partial charge in [-0.15, -0.1) is 0 Å². The van der Waals surface area contributed by atoms with E-state index in [1.54, 1.807) is 23.5 Å². The first-order chi connectivity index (χ1) is 17.1. The zero-order valence-corrected chi connectivity index (χ0v) is 20.9. The molecule has 0 spiro atoms. The van der Waals surface area contributed by atoms with Crippen LogP contribution in [0.1, 0.15) is 29.7 Å². The Kier molecular flexibility index (Phi) is 9.76. The zero-order chi connectivity index (χ0) is 26.3. The molecule has 1 aliphatic rings. The van der Waals surface area contributed by atoms with Gasteiger partial charge in [0.05, 0.1) is 18.5 Å². The molecule has 195 valence electrons. The van der Waals surface area contributed by atoms with Gasteiger partial charge in [0.15, 0.2) is 0 Å². The first-order valence-electron chi connectivity index (χ1n) is 11.8. The smallest absolute Gasteiger partial charge is 0.369 e. The van der Waals surface area contributed by atoms with E-state index in [0.717, 1.165) is 23.3 Å². The Hall–Kier alpha value is -2.62. The summed E-state index contributed by atoms with van der Waals surface area (Å²) in [5, 5.41) is 0.640. The van der Waals surface area contributed by atoms with Crippen LogP contribution in [0.5, 0.6) is 0 Å². The first-order valence-corrected chi connectivity index (χ1v) is 12.2. The number of carbonyl (C=O) groups is 2. The van der Waals surface area contributed by atoms with Gasteiger partial charge >= 0.3 is 6.18 Å². The second-order valence-electron chi connectivity index (χ2n) is 8.83. The number of piperazine rings is 1. The maximum atomic E-state index is 13.1. The molecule has 2 amide bonds. The Morgan fingerprint density at radius 2 is 1.67 bits per heavy atom. The minimum absolute atomic E-state index is 0.0559. The SMILES string of the molecule is CCN(CC(N)=O)CC(c1ccc(C(F)(F)F)cc1)N1CCN(C(=O)[CH]Cc2ccc(Cl)cc2)CC1. The lowest BCUT2D eigenvalue weighted by Gasteiger charge is -2.41. The average molecular weight is 524 g/mol. The third-order valence-electron chi connectivity index (χ3n) is 6.37. The number of primary amides is 1. The predicted molar refractivity (Wildman–Crippen MR) is 133 cm³/mol. The molecule has 10 heteroatoms. The van der Waals surface area contributed by atoms with Gasteiger partial charge in [0.1, 0.15) is 0 Å². The maximum Gasteiger partial charge on any atom is 0.416 e. The fraction of sp³-hybridized carbons (Fsp3) is 0.423. The van der Waals surface area contributed by atoms with Gasteiger partial charge in [0.2, 0.25) is 11.8 Å².